The second kappa shape index (κ2) is 5.84. The van der Waals surface area contributed by atoms with Gasteiger partial charge in [-0.15, -0.1) is 0 Å². The molecule has 2 rings (SSSR count). The molecule has 0 radical (unpaired) electrons. The monoisotopic (exact) mass is 299 g/mol. The van der Waals surface area contributed by atoms with Crippen molar-refractivity contribution in [1.82, 2.24) is 0 Å². The summed E-state index contributed by atoms with van der Waals surface area (Å²) in [5.41, 5.74) is 0.933. The lowest BCUT2D eigenvalue weighted by atomic mass is 10.1. The molecule has 1 amide bonds. The summed E-state index contributed by atoms with van der Waals surface area (Å²) >= 11 is 10.2. The molecule has 1 fully saturated rings. The van der Waals surface area contributed by atoms with Gasteiger partial charge in [-0.1, -0.05) is 11.6 Å². The summed E-state index contributed by atoms with van der Waals surface area (Å²) in [6.07, 6.45) is 0.486. The van der Waals surface area contributed by atoms with Gasteiger partial charge in [-0.2, -0.15) is 12.6 Å². The first-order valence-electron chi connectivity index (χ1n) is 5.86. The third-order valence-electron chi connectivity index (χ3n) is 3.13. The minimum Gasteiger partial charge on any atom is -0.465 e. The van der Waals surface area contributed by atoms with Crippen LogP contribution >= 0.6 is 24.2 Å². The van der Waals surface area contributed by atoms with Gasteiger partial charge in [0.25, 0.3) is 0 Å². The van der Waals surface area contributed by atoms with Gasteiger partial charge in [0.2, 0.25) is 5.91 Å². The minimum atomic E-state index is -0.510. The number of rotatable bonds is 3. The zero-order valence-electron chi connectivity index (χ0n) is 10.4. The van der Waals surface area contributed by atoms with Gasteiger partial charge in [0, 0.05) is 18.7 Å². The van der Waals surface area contributed by atoms with Crippen molar-refractivity contribution in [3.05, 3.63) is 28.8 Å². The van der Waals surface area contributed by atoms with Crippen LogP contribution in [-0.2, 0) is 9.53 Å². The lowest BCUT2D eigenvalue weighted by Crippen LogP contribution is -2.25. The number of carbonyl (C=O) groups is 2. The quantitative estimate of drug-likeness (QED) is 0.689. The van der Waals surface area contributed by atoms with Gasteiger partial charge in [-0.3, -0.25) is 4.79 Å². The molecule has 4 nitrogen and oxygen atoms in total. The van der Waals surface area contributed by atoms with E-state index in [4.69, 9.17) is 11.6 Å². The van der Waals surface area contributed by atoms with Crippen molar-refractivity contribution >= 4 is 41.8 Å². The van der Waals surface area contributed by atoms with E-state index >= 15 is 0 Å². The molecule has 1 heterocycles. The zero-order chi connectivity index (χ0) is 14.0. The molecular formula is C13H14ClNO3S. The predicted octanol–water partition coefficient (Wildman–Crippen LogP) is 2.41. The lowest BCUT2D eigenvalue weighted by molar-refractivity contribution is -0.117. The summed E-state index contributed by atoms with van der Waals surface area (Å²) < 4.78 is 4.66. The van der Waals surface area contributed by atoms with Gasteiger partial charge in [-0.05, 0) is 29.9 Å². The van der Waals surface area contributed by atoms with E-state index in [0.717, 1.165) is 0 Å². The van der Waals surface area contributed by atoms with Crippen LogP contribution in [0.2, 0.25) is 5.02 Å². The molecule has 1 unspecified atom stereocenters. The first-order chi connectivity index (χ1) is 9.06. The first-order valence-corrected chi connectivity index (χ1v) is 6.87. The molecule has 0 N–H and O–H groups in total. The highest BCUT2D eigenvalue weighted by atomic mass is 35.5. The van der Waals surface area contributed by atoms with Gasteiger partial charge >= 0.3 is 5.97 Å². The molecule has 1 aliphatic rings. The van der Waals surface area contributed by atoms with Crippen LogP contribution < -0.4 is 4.90 Å². The van der Waals surface area contributed by atoms with Crippen molar-refractivity contribution in [1.29, 1.82) is 0 Å². The van der Waals surface area contributed by atoms with Crippen LogP contribution in [-0.4, -0.2) is 31.3 Å². The standard InChI is InChI=1S/C13H14ClNO3S/c1-18-13(17)10-5-9(2-3-11(10)14)15-6-8(7-19)4-12(15)16/h2-3,5,8,19H,4,6-7H2,1H3. The topological polar surface area (TPSA) is 46.6 Å². The Bertz CT molecular complexity index is 521. The fraction of sp³-hybridized carbons (Fsp3) is 0.385. The van der Waals surface area contributed by atoms with Crippen LogP contribution in [0.4, 0.5) is 5.69 Å². The van der Waals surface area contributed by atoms with E-state index in [-0.39, 0.29) is 17.4 Å². The molecule has 6 heteroatoms. The zero-order valence-corrected chi connectivity index (χ0v) is 12.1. The molecule has 19 heavy (non-hydrogen) atoms. The maximum atomic E-state index is 11.9. The van der Waals surface area contributed by atoms with E-state index in [9.17, 15) is 9.59 Å². The van der Waals surface area contributed by atoms with Crippen molar-refractivity contribution in [3.8, 4) is 0 Å². The number of benzene rings is 1. The maximum Gasteiger partial charge on any atom is 0.339 e. The number of esters is 1. The number of hydrogen-bond donors (Lipinski definition) is 1. The molecule has 1 atom stereocenters. The van der Waals surface area contributed by atoms with Crippen molar-refractivity contribution < 1.29 is 14.3 Å². The number of nitrogens with zero attached hydrogens (tertiary/aromatic N) is 1. The van der Waals surface area contributed by atoms with Crippen LogP contribution in [0.5, 0.6) is 0 Å². The smallest absolute Gasteiger partial charge is 0.339 e. The fourth-order valence-corrected chi connectivity index (χ4v) is 2.54. The second-order valence-electron chi connectivity index (χ2n) is 4.41. The molecule has 0 bridgehead atoms. The summed E-state index contributed by atoms with van der Waals surface area (Å²) in [6.45, 7) is 0.616. The van der Waals surface area contributed by atoms with Crippen LogP contribution in [0.1, 0.15) is 16.8 Å². The fourth-order valence-electron chi connectivity index (χ4n) is 2.10. The highest BCUT2D eigenvalue weighted by Crippen LogP contribution is 2.29. The molecule has 0 saturated carbocycles. The van der Waals surface area contributed by atoms with E-state index in [1.54, 1.807) is 23.1 Å². The molecule has 1 aromatic carbocycles. The number of amides is 1. The Kier molecular flexibility index (Phi) is 4.37. The van der Waals surface area contributed by atoms with Crippen molar-refractivity contribution in [2.45, 2.75) is 6.42 Å². The average molecular weight is 300 g/mol. The summed E-state index contributed by atoms with van der Waals surface area (Å²) in [7, 11) is 1.29. The number of methoxy groups -OCH3 is 1. The normalized spacial score (nSPS) is 18.8. The van der Waals surface area contributed by atoms with Crippen LogP contribution in [0.25, 0.3) is 0 Å². The number of anilines is 1. The molecular weight excluding hydrogens is 286 g/mol. The van der Waals surface area contributed by atoms with E-state index in [2.05, 4.69) is 17.4 Å². The van der Waals surface area contributed by atoms with Crippen molar-refractivity contribution in [3.63, 3.8) is 0 Å². The van der Waals surface area contributed by atoms with Gasteiger partial charge in [0.15, 0.2) is 0 Å². The average Bonchev–Trinajstić information content (AvgIpc) is 2.80. The molecule has 0 spiro atoms. The lowest BCUT2D eigenvalue weighted by Gasteiger charge is -2.17. The van der Waals surface area contributed by atoms with Crippen molar-refractivity contribution in [2.75, 3.05) is 24.3 Å². The van der Waals surface area contributed by atoms with Gasteiger partial charge in [0.1, 0.15) is 0 Å². The Balaban J connectivity index is 2.31. The number of carbonyl (C=O) groups excluding carboxylic acids is 2. The third-order valence-corrected chi connectivity index (χ3v) is 3.98. The summed E-state index contributed by atoms with van der Waals surface area (Å²) in [5, 5.41) is 0.313. The number of thiol groups is 1. The highest BCUT2D eigenvalue weighted by Gasteiger charge is 2.30. The van der Waals surface area contributed by atoms with Gasteiger partial charge in [0.05, 0.1) is 17.7 Å². The molecule has 102 valence electrons. The van der Waals surface area contributed by atoms with E-state index < -0.39 is 5.97 Å². The van der Waals surface area contributed by atoms with Crippen molar-refractivity contribution in [2.24, 2.45) is 5.92 Å². The summed E-state index contributed by atoms with van der Waals surface area (Å²) in [5.74, 6) is 0.439. The molecule has 0 aromatic heterocycles. The molecule has 1 aromatic rings. The number of hydrogen-bond acceptors (Lipinski definition) is 4. The Hall–Kier alpha value is -1.20. The number of ether oxygens (including phenoxy) is 1. The van der Waals surface area contributed by atoms with E-state index in [1.165, 1.54) is 7.11 Å². The Morgan fingerprint density at radius 1 is 1.58 bits per heavy atom. The third kappa shape index (κ3) is 2.87. The first kappa shape index (κ1) is 14.2. The number of halogens is 1. The summed E-state index contributed by atoms with van der Waals surface area (Å²) in [4.78, 5) is 25.2. The molecule has 0 aliphatic carbocycles. The van der Waals surface area contributed by atoms with Crippen LogP contribution in [0.3, 0.4) is 0 Å². The van der Waals surface area contributed by atoms with Gasteiger partial charge < -0.3 is 9.64 Å². The largest absolute Gasteiger partial charge is 0.465 e. The maximum absolute atomic E-state index is 11.9. The minimum absolute atomic E-state index is 0.0391. The van der Waals surface area contributed by atoms with E-state index in [0.29, 0.717) is 29.4 Å². The Labute approximate surface area is 122 Å². The highest BCUT2D eigenvalue weighted by molar-refractivity contribution is 7.80. The van der Waals surface area contributed by atoms with Crippen LogP contribution in [0.15, 0.2) is 18.2 Å². The Morgan fingerprint density at radius 3 is 2.89 bits per heavy atom. The second-order valence-corrected chi connectivity index (χ2v) is 5.19. The van der Waals surface area contributed by atoms with Gasteiger partial charge in [-0.25, -0.2) is 4.79 Å². The summed E-state index contributed by atoms with van der Waals surface area (Å²) in [6, 6.07) is 4.92. The SMILES string of the molecule is COC(=O)c1cc(N2CC(CS)CC2=O)ccc1Cl. The van der Waals surface area contributed by atoms with Crippen LogP contribution in [0, 0.1) is 5.92 Å². The predicted molar refractivity (Wildman–Crippen MR) is 77.1 cm³/mol. The molecule has 1 saturated heterocycles. The van der Waals surface area contributed by atoms with E-state index in [1.807, 2.05) is 0 Å². The Morgan fingerprint density at radius 2 is 2.32 bits per heavy atom. The molecule has 1 aliphatic heterocycles.